The number of hydrogen-bond donors (Lipinski definition) is 3. The summed E-state index contributed by atoms with van der Waals surface area (Å²) in [4.78, 5) is 29.9. The molecule has 1 fully saturated rings. The fourth-order valence-electron chi connectivity index (χ4n) is 3.06. The van der Waals surface area contributed by atoms with Gasteiger partial charge in [0.15, 0.2) is 23.4 Å². The first-order valence-corrected chi connectivity index (χ1v) is 10.2. The molecule has 1 aliphatic rings. The Labute approximate surface area is 197 Å². The minimum absolute atomic E-state index is 0. The molecule has 11 heteroatoms. The number of aliphatic imine (C=N–C) groups is 1. The molecule has 174 valence electrons. The molecule has 0 saturated carbocycles. The number of carbonyl (C=O) groups excluding carboxylic acids is 2. The first kappa shape index (κ1) is 27.0. The molecular weight excluding hydrogens is 526 g/mol. The zero-order valence-corrected chi connectivity index (χ0v) is 19.8. The average molecular weight is 555 g/mol. The van der Waals surface area contributed by atoms with Crippen LogP contribution in [0, 0.1) is 17.5 Å². The van der Waals surface area contributed by atoms with Crippen LogP contribution in [-0.4, -0.2) is 55.4 Å². The summed E-state index contributed by atoms with van der Waals surface area (Å²) in [6.07, 6.45) is 4.38. The molecule has 2 amide bonds. The van der Waals surface area contributed by atoms with Gasteiger partial charge in [-0.05, 0) is 38.3 Å². The highest BCUT2D eigenvalue weighted by Crippen LogP contribution is 2.19. The quantitative estimate of drug-likeness (QED) is 0.152. The first-order valence-electron chi connectivity index (χ1n) is 10.2. The number of benzene rings is 1. The van der Waals surface area contributed by atoms with Crippen molar-refractivity contribution in [2.75, 3.05) is 38.0 Å². The van der Waals surface area contributed by atoms with Crippen molar-refractivity contribution in [2.45, 2.75) is 39.0 Å². The fraction of sp³-hybridized carbons (Fsp3) is 0.550. The molecule has 0 bridgehead atoms. The van der Waals surface area contributed by atoms with Crippen LogP contribution >= 0.6 is 24.0 Å². The van der Waals surface area contributed by atoms with E-state index in [1.165, 1.54) is 0 Å². The van der Waals surface area contributed by atoms with E-state index >= 15 is 0 Å². The number of nitrogens with zero attached hydrogens (tertiary/aromatic N) is 2. The molecule has 0 radical (unpaired) electrons. The Morgan fingerprint density at radius 1 is 1.13 bits per heavy atom. The summed E-state index contributed by atoms with van der Waals surface area (Å²) in [6, 6.07) is 1.68. The van der Waals surface area contributed by atoms with Crippen LogP contribution in [0.25, 0.3) is 0 Å². The van der Waals surface area contributed by atoms with Crippen molar-refractivity contribution < 1.29 is 22.8 Å². The monoisotopic (exact) mass is 555 g/mol. The lowest BCUT2D eigenvalue weighted by Crippen LogP contribution is -2.40. The molecule has 0 aromatic heterocycles. The van der Waals surface area contributed by atoms with E-state index in [0.29, 0.717) is 32.0 Å². The van der Waals surface area contributed by atoms with Crippen LogP contribution in [0.3, 0.4) is 0 Å². The highest BCUT2D eigenvalue weighted by molar-refractivity contribution is 14.0. The molecule has 2 rings (SSSR count). The molecule has 3 N–H and O–H groups in total. The molecule has 0 aliphatic carbocycles. The van der Waals surface area contributed by atoms with Crippen LogP contribution in [0.5, 0.6) is 0 Å². The Hall–Kier alpha value is -2.05. The summed E-state index contributed by atoms with van der Waals surface area (Å²) in [5, 5.41) is 8.23. The van der Waals surface area contributed by atoms with Gasteiger partial charge in [0.25, 0.3) is 0 Å². The maximum atomic E-state index is 13.6. The summed E-state index contributed by atoms with van der Waals surface area (Å²) >= 11 is 0. The van der Waals surface area contributed by atoms with Gasteiger partial charge in [-0.1, -0.05) is 6.42 Å². The third kappa shape index (κ3) is 8.91. The maximum absolute atomic E-state index is 13.6. The fourth-order valence-corrected chi connectivity index (χ4v) is 3.06. The smallest absolute Gasteiger partial charge is 0.246 e. The summed E-state index contributed by atoms with van der Waals surface area (Å²) in [7, 11) is 0. The van der Waals surface area contributed by atoms with Gasteiger partial charge in [-0.15, -0.1) is 24.0 Å². The minimum Gasteiger partial charge on any atom is -0.357 e. The number of guanidine groups is 1. The van der Waals surface area contributed by atoms with Crippen molar-refractivity contribution in [3.05, 3.63) is 29.6 Å². The molecular formula is C20H29F3IN5O2. The van der Waals surface area contributed by atoms with Crippen molar-refractivity contribution in [2.24, 2.45) is 4.99 Å². The second kappa shape index (κ2) is 14.1. The van der Waals surface area contributed by atoms with Crippen LogP contribution in [0.2, 0.25) is 0 Å². The summed E-state index contributed by atoms with van der Waals surface area (Å²) in [6.45, 7) is 4.09. The van der Waals surface area contributed by atoms with Crippen LogP contribution in [0.4, 0.5) is 18.9 Å². The van der Waals surface area contributed by atoms with Crippen molar-refractivity contribution in [1.82, 2.24) is 15.5 Å². The van der Waals surface area contributed by atoms with E-state index in [9.17, 15) is 22.8 Å². The van der Waals surface area contributed by atoms with E-state index in [0.717, 1.165) is 44.4 Å². The number of amides is 2. The molecule has 0 spiro atoms. The molecule has 1 aromatic rings. The molecule has 0 atom stereocenters. The molecule has 7 nitrogen and oxygen atoms in total. The largest absolute Gasteiger partial charge is 0.357 e. The summed E-state index contributed by atoms with van der Waals surface area (Å²) < 4.78 is 39.8. The lowest BCUT2D eigenvalue weighted by Gasteiger charge is -2.20. The molecule has 1 heterocycles. The summed E-state index contributed by atoms with van der Waals surface area (Å²) in [5.74, 6) is -4.53. The molecule has 1 saturated heterocycles. The van der Waals surface area contributed by atoms with Gasteiger partial charge in [-0.2, -0.15) is 0 Å². The Balaban J connectivity index is 0.00000480. The van der Waals surface area contributed by atoms with E-state index in [1.54, 1.807) is 0 Å². The van der Waals surface area contributed by atoms with Gasteiger partial charge in [0.05, 0.1) is 5.69 Å². The second-order valence-corrected chi connectivity index (χ2v) is 6.94. The lowest BCUT2D eigenvalue weighted by atomic mass is 10.2. The number of likely N-dealkylation sites (tertiary alicyclic amines) is 1. The van der Waals surface area contributed by atoms with Crippen LogP contribution in [0.1, 0.15) is 39.0 Å². The van der Waals surface area contributed by atoms with Gasteiger partial charge in [0.2, 0.25) is 11.8 Å². The van der Waals surface area contributed by atoms with Crippen molar-refractivity contribution in [3.63, 3.8) is 0 Å². The third-order valence-electron chi connectivity index (χ3n) is 4.60. The van der Waals surface area contributed by atoms with Crippen LogP contribution in [-0.2, 0) is 9.59 Å². The number of carbonyl (C=O) groups is 2. The van der Waals surface area contributed by atoms with Gasteiger partial charge >= 0.3 is 0 Å². The molecule has 0 unspecified atom stereocenters. The number of hydrogen-bond acceptors (Lipinski definition) is 3. The van der Waals surface area contributed by atoms with Gasteiger partial charge in [-0.3, -0.25) is 9.59 Å². The number of anilines is 1. The number of nitrogens with one attached hydrogen (secondary N) is 3. The minimum atomic E-state index is -1.64. The van der Waals surface area contributed by atoms with Crippen LogP contribution in [0.15, 0.2) is 17.1 Å². The molecule has 1 aliphatic heterocycles. The van der Waals surface area contributed by atoms with Gasteiger partial charge in [0, 0.05) is 32.6 Å². The SMILES string of the molecule is CCNC(=NCC(=O)Nc1ccc(F)c(F)c1F)NCCCN1CCCCCC1=O.I. The van der Waals surface area contributed by atoms with Crippen molar-refractivity contribution in [3.8, 4) is 0 Å². The van der Waals surface area contributed by atoms with E-state index in [1.807, 2.05) is 11.8 Å². The maximum Gasteiger partial charge on any atom is 0.246 e. The Kier molecular flexibility index (Phi) is 12.3. The zero-order chi connectivity index (χ0) is 21.9. The van der Waals surface area contributed by atoms with Gasteiger partial charge < -0.3 is 20.9 Å². The number of halogens is 4. The van der Waals surface area contributed by atoms with Crippen molar-refractivity contribution >= 4 is 47.4 Å². The average Bonchev–Trinajstić information content (AvgIpc) is 2.93. The van der Waals surface area contributed by atoms with E-state index in [4.69, 9.17) is 0 Å². The first-order chi connectivity index (χ1) is 14.4. The number of rotatable bonds is 8. The second-order valence-electron chi connectivity index (χ2n) is 6.94. The lowest BCUT2D eigenvalue weighted by molar-refractivity contribution is -0.130. The zero-order valence-electron chi connectivity index (χ0n) is 17.5. The van der Waals surface area contributed by atoms with E-state index in [-0.39, 0.29) is 36.4 Å². The standard InChI is InChI=1S/C20H28F3N5O2.HI/c1-2-24-20(25-10-6-12-28-11-5-3-4-7-17(28)30)26-13-16(29)27-15-9-8-14(21)18(22)19(15)23;/h8-9H,2-7,10-13H2,1H3,(H,27,29)(H2,24,25,26);1H. The van der Waals surface area contributed by atoms with Crippen molar-refractivity contribution in [1.29, 1.82) is 0 Å². The van der Waals surface area contributed by atoms with Crippen LogP contribution < -0.4 is 16.0 Å². The normalized spacial score (nSPS) is 14.5. The van der Waals surface area contributed by atoms with E-state index < -0.39 is 29.0 Å². The third-order valence-corrected chi connectivity index (χ3v) is 4.60. The summed E-state index contributed by atoms with van der Waals surface area (Å²) in [5.41, 5.74) is -0.450. The molecule has 31 heavy (non-hydrogen) atoms. The Morgan fingerprint density at radius 2 is 1.90 bits per heavy atom. The topological polar surface area (TPSA) is 85.8 Å². The van der Waals surface area contributed by atoms with Gasteiger partial charge in [0.1, 0.15) is 6.54 Å². The Morgan fingerprint density at radius 3 is 2.65 bits per heavy atom. The van der Waals surface area contributed by atoms with Gasteiger partial charge in [-0.25, -0.2) is 18.2 Å². The highest BCUT2D eigenvalue weighted by atomic mass is 127. The predicted octanol–water partition coefficient (Wildman–Crippen LogP) is 3.01. The molecule has 1 aromatic carbocycles. The predicted molar refractivity (Wildman–Crippen MR) is 124 cm³/mol. The van der Waals surface area contributed by atoms with E-state index in [2.05, 4.69) is 20.9 Å². The highest BCUT2D eigenvalue weighted by Gasteiger charge is 2.16. The Bertz CT molecular complexity index is 779.